The van der Waals surface area contributed by atoms with E-state index in [0.29, 0.717) is 17.1 Å². The summed E-state index contributed by atoms with van der Waals surface area (Å²) < 4.78 is 5.87. The first-order valence-corrected chi connectivity index (χ1v) is 7.53. The number of benzene rings is 1. The maximum atomic E-state index is 11.2. The van der Waals surface area contributed by atoms with Gasteiger partial charge in [-0.25, -0.2) is 4.98 Å². The molecule has 1 heterocycles. The Morgan fingerprint density at radius 3 is 2.50 bits per heavy atom. The molecule has 5 heteroatoms. The summed E-state index contributed by atoms with van der Waals surface area (Å²) in [5.41, 5.74) is 1.04. The largest absolute Gasteiger partial charge is 0.474 e. The Kier molecular flexibility index (Phi) is 5.47. The van der Waals surface area contributed by atoms with Crippen LogP contribution in [0.2, 0.25) is 0 Å². The van der Waals surface area contributed by atoms with E-state index in [1.807, 2.05) is 30.3 Å². The highest BCUT2D eigenvalue weighted by molar-refractivity contribution is 5.69. The zero-order valence-corrected chi connectivity index (χ0v) is 12.9. The third-order valence-corrected chi connectivity index (χ3v) is 3.45. The molecule has 0 saturated carbocycles. The van der Waals surface area contributed by atoms with Crippen LogP contribution < -0.4 is 4.74 Å². The molecule has 0 spiro atoms. The zero-order chi connectivity index (χ0) is 15.9. The quantitative estimate of drug-likeness (QED) is 0.553. The summed E-state index contributed by atoms with van der Waals surface area (Å²) in [7, 11) is 0. The number of hydrogen-bond acceptors (Lipinski definition) is 4. The highest BCUT2D eigenvalue weighted by Crippen LogP contribution is 2.30. The maximum absolute atomic E-state index is 11.2. The topological polar surface area (TPSA) is 65.3 Å². The lowest BCUT2D eigenvalue weighted by atomic mass is 10.1. The molecule has 1 unspecified atom stereocenters. The van der Waals surface area contributed by atoms with Crippen molar-refractivity contribution >= 4 is 5.69 Å². The fraction of sp³-hybridized carbons (Fsp3) is 0.353. The van der Waals surface area contributed by atoms with E-state index in [1.54, 1.807) is 6.07 Å². The minimum Gasteiger partial charge on any atom is -0.474 e. The molecule has 0 aliphatic carbocycles. The van der Waals surface area contributed by atoms with Crippen LogP contribution in [-0.4, -0.2) is 16.0 Å². The molecular formula is C17H20N2O3. The van der Waals surface area contributed by atoms with Crippen LogP contribution in [0.5, 0.6) is 5.88 Å². The van der Waals surface area contributed by atoms with Crippen molar-refractivity contribution in [2.24, 2.45) is 0 Å². The van der Waals surface area contributed by atoms with Crippen LogP contribution in [0.15, 0.2) is 42.5 Å². The second-order valence-electron chi connectivity index (χ2n) is 5.08. The standard InChI is InChI=1S/C17H20N2O3/c1-3-8-14(4-2)22-16-12-11-15(19(20)21)17(18-16)13-9-6-5-7-10-13/h5-7,9-12,14H,3-4,8H2,1-2H3. The van der Waals surface area contributed by atoms with Crippen LogP contribution in [0.1, 0.15) is 33.1 Å². The van der Waals surface area contributed by atoms with Crippen molar-refractivity contribution in [1.29, 1.82) is 0 Å². The van der Waals surface area contributed by atoms with Gasteiger partial charge in [0.1, 0.15) is 6.10 Å². The Hall–Kier alpha value is -2.43. The molecule has 1 aromatic carbocycles. The number of aromatic nitrogens is 1. The molecule has 0 saturated heterocycles. The third-order valence-electron chi connectivity index (χ3n) is 3.45. The van der Waals surface area contributed by atoms with Crippen LogP contribution >= 0.6 is 0 Å². The van der Waals surface area contributed by atoms with E-state index in [-0.39, 0.29) is 11.8 Å². The number of ether oxygens (including phenoxy) is 1. The van der Waals surface area contributed by atoms with E-state index in [2.05, 4.69) is 18.8 Å². The monoisotopic (exact) mass is 300 g/mol. The minimum absolute atomic E-state index is 0.0120. The summed E-state index contributed by atoms with van der Waals surface area (Å²) in [4.78, 5) is 15.2. The van der Waals surface area contributed by atoms with E-state index < -0.39 is 4.92 Å². The van der Waals surface area contributed by atoms with E-state index in [9.17, 15) is 10.1 Å². The van der Waals surface area contributed by atoms with Crippen LogP contribution in [0.4, 0.5) is 5.69 Å². The molecule has 22 heavy (non-hydrogen) atoms. The van der Waals surface area contributed by atoms with Gasteiger partial charge in [0.2, 0.25) is 5.88 Å². The van der Waals surface area contributed by atoms with Crippen molar-refractivity contribution in [3.8, 4) is 17.1 Å². The smallest absolute Gasteiger partial charge is 0.295 e. The molecule has 2 rings (SSSR count). The van der Waals surface area contributed by atoms with Crippen LogP contribution in [0.3, 0.4) is 0 Å². The molecule has 116 valence electrons. The number of hydrogen-bond donors (Lipinski definition) is 0. The number of pyridine rings is 1. The summed E-state index contributed by atoms with van der Waals surface area (Å²) in [6.07, 6.45) is 2.93. The molecule has 1 aromatic heterocycles. The van der Waals surface area contributed by atoms with Crippen molar-refractivity contribution in [1.82, 2.24) is 4.98 Å². The molecule has 0 aliphatic heterocycles. The van der Waals surface area contributed by atoms with Gasteiger partial charge in [-0.15, -0.1) is 0 Å². The lowest BCUT2D eigenvalue weighted by Gasteiger charge is -2.16. The number of rotatable bonds is 7. The molecule has 0 bridgehead atoms. The lowest BCUT2D eigenvalue weighted by Crippen LogP contribution is -2.15. The van der Waals surface area contributed by atoms with E-state index in [4.69, 9.17) is 4.74 Å². The van der Waals surface area contributed by atoms with Gasteiger partial charge in [-0.05, 0) is 12.8 Å². The third kappa shape index (κ3) is 3.81. The van der Waals surface area contributed by atoms with Crippen molar-refractivity contribution < 1.29 is 9.66 Å². The molecule has 0 N–H and O–H groups in total. The molecule has 1 atom stereocenters. The Morgan fingerprint density at radius 1 is 1.18 bits per heavy atom. The normalized spacial score (nSPS) is 11.9. The Bertz CT molecular complexity index is 629. The fourth-order valence-corrected chi connectivity index (χ4v) is 2.29. The molecular weight excluding hydrogens is 280 g/mol. The molecule has 0 radical (unpaired) electrons. The summed E-state index contributed by atoms with van der Waals surface area (Å²) in [5.74, 6) is 0.435. The summed E-state index contributed by atoms with van der Waals surface area (Å²) in [6.45, 7) is 4.16. The summed E-state index contributed by atoms with van der Waals surface area (Å²) >= 11 is 0. The average molecular weight is 300 g/mol. The lowest BCUT2D eigenvalue weighted by molar-refractivity contribution is -0.384. The Morgan fingerprint density at radius 2 is 1.91 bits per heavy atom. The first-order chi connectivity index (χ1) is 10.7. The predicted octanol–water partition coefficient (Wildman–Crippen LogP) is 4.61. The van der Waals surface area contributed by atoms with E-state index >= 15 is 0 Å². The van der Waals surface area contributed by atoms with Gasteiger partial charge in [-0.1, -0.05) is 50.6 Å². The van der Waals surface area contributed by atoms with Crippen LogP contribution in [-0.2, 0) is 0 Å². The molecule has 0 aliphatic rings. The minimum atomic E-state index is -0.414. The van der Waals surface area contributed by atoms with Gasteiger partial charge in [0.25, 0.3) is 5.69 Å². The highest BCUT2D eigenvalue weighted by Gasteiger charge is 2.19. The molecule has 2 aromatic rings. The van der Waals surface area contributed by atoms with Gasteiger partial charge in [-0.3, -0.25) is 10.1 Å². The van der Waals surface area contributed by atoms with E-state index in [0.717, 1.165) is 19.3 Å². The van der Waals surface area contributed by atoms with Gasteiger partial charge in [-0.2, -0.15) is 0 Å². The molecule has 0 fully saturated rings. The highest BCUT2D eigenvalue weighted by atomic mass is 16.6. The molecule has 5 nitrogen and oxygen atoms in total. The predicted molar refractivity (Wildman–Crippen MR) is 85.9 cm³/mol. The van der Waals surface area contributed by atoms with Gasteiger partial charge < -0.3 is 4.74 Å². The van der Waals surface area contributed by atoms with Crippen molar-refractivity contribution in [3.05, 3.63) is 52.6 Å². The summed E-state index contributed by atoms with van der Waals surface area (Å²) in [5, 5.41) is 11.2. The molecule has 0 amide bonds. The van der Waals surface area contributed by atoms with Crippen LogP contribution in [0, 0.1) is 10.1 Å². The SMILES string of the molecule is CCCC(CC)Oc1ccc([N+](=O)[O-])c(-c2ccccc2)n1. The van der Waals surface area contributed by atoms with Gasteiger partial charge in [0.05, 0.1) is 4.92 Å². The van der Waals surface area contributed by atoms with Gasteiger partial charge in [0.15, 0.2) is 5.69 Å². The maximum Gasteiger partial charge on any atom is 0.295 e. The average Bonchev–Trinajstić information content (AvgIpc) is 2.55. The number of nitro groups is 1. The van der Waals surface area contributed by atoms with Gasteiger partial charge >= 0.3 is 0 Å². The van der Waals surface area contributed by atoms with Crippen LogP contribution in [0.25, 0.3) is 11.3 Å². The first-order valence-electron chi connectivity index (χ1n) is 7.53. The number of nitrogens with zero attached hydrogens (tertiary/aromatic N) is 2. The fourth-order valence-electron chi connectivity index (χ4n) is 2.29. The van der Waals surface area contributed by atoms with Crippen molar-refractivity contribution in [2.45, 2.75) is 39.2 Å². The summed E-state index contributed by atoms with van der Waals surface area (Å²) in [6, 6.07) is 12.2. The van der Waals surface area contributed by atoms with Crippen molar-refractivity contribution in [3.63, 3.8) is 0 Å². The second kappa shape index (κ2) is 7.54. The second-order valence-corrected chi connectivity index (χ2v) is 5.08. The Labute approximate surface area is 130 Å². The van der Waals surface area contributed by atoms with Gasteiger partial charge in [0, 0.05) is 17.7 Å². The first kappa shape index (κ1) is 15.9. The van der Waals surface area contributed by atoms with Crippen molar-refractivity contribution in [2.75, 3.05) is 0 Å². The zero-order valence-electron chi connectivity index (χ0n) is 12.9. The van der Waals surface area contributed by atoms with E-state index in [1.165, 1.54) is 6.07 Å². The Balaban J connectivity index is 2.37.